The van der Waals surface area contributed by atoms with Crippen molar-refractivity contribution in [1.29, 1.82) is 0 Å². The fraction of sp³-hybridized carbons (Fsp3) is 0.571. The number of benzene rings is 1. The SMILES string of the molecule is C[C@@H]1[C@H](C)CCC[C@H]1NC(=S)NNC(=O)c1cccc(CN2CCCC2=O)c1. The van der Waals surface area contributed by atoms with Gasteiger partial charge in [-0.1, -0.05) is 38.8 Å². The molecule has 1 saturated carbocycles. The van der Waals surface area contributed by atoms with E-state index in [2.05, 4.69) is 30.0 Å². The Labute approximate surface area is 172 Å². The number of carbonyl (C=O) groups is 2. The first-order valence-electron chi connectivity index (χ1n) is 10.2. The van der Waals surface area contributed by atoms with E-state index in [1.807, 2.05) is 23.1 Å². The average molecular weight is 403 g/mol. The first-order valence-corrected chi connectivity index (χ1v) is 10.6. The van der Waals surface area contributed by atoms with Gasteiger partial charge in [0.1, 0.15) is 0 Å². The van der Waals surface area contributed by atoms with Crippen LogP contribution in [0.25, 0.3) is 0 Å². The minimum absolute atomic E-state index is 0.180. The normalized spacial score (nSPS) is 24.7. The fourth-order valence-corrected chi connectivity index (χ4v) is 4.28. The van der Waals surface area contributed by atoms with E-state index in [0.717, 1.165) is 24.9 Å². The Bertz CT molecular complexity index is 739. The van der Waals surface area contributed by atoms with E-state index in [4.69, 9.17) is 12.2 Å². The Hall–Kier alpha value is -2.15. The summed E-state index contributed by atoms with van der Waals surface area (Å²) in [5.74, 6) is 1.16. The molecule has 0 spiro atoms. The van der Waals surface area contributed by atoms with E-state index in [-0.39, 0.29) is 11.8 Å². The van der Waals surface area contributed by atoms with Gasteiger partial charge < -0.3 is 10.2 Å². The summed E-state index contributed by atoms with van der Waals surface area (Å²) in [6.45, 7) is 5.86. The molecule has 2 amide bonds. The van der Waals surface area contributed by atoms with Gasteiger partial charge in [0.15, 0.2) is 5.11 Å². The van der Waals surface area contributed by atoms with E-state index < -0.39 is 0 Å². The monoisotopic (exact) mass is 402 g/mol. The van der Waals surface area contributed by atoms with Crippen LogP contribution in [0, 0.1) is 11.8 Å². The molecule has 3 atom stereocenters. The summed E-state index contributed by atoms with van der Waals surface area (Å²) < 4.78 is 0. The summed E-state index contributed by atoms with van der Waals surface area (Å²) in [6, 6.07) is 7.69. The number of rotatable bonds is 4. The predicted octanol–water partition coefficient (Wildman–Crippen LogP) is 2.74. The molecule has 0 bridgehead atoms. The zero-order valence-corrected chi connectivity index (χ0v) is 17.5. The summed E-state index contributed by atoms with van der Waals surface area (Å²) in [5, 5.41) is 3.77. The van der Waals surface area contributed by atoms with Crippen LogP contribution in [0.2, 0.25) is 0 Å². The van der Waals surface area contributed by atoms with Crippen molar-refractivity contribution in [2.24, 2.45) is 11.8 Å². The highest BCUT2D eigenvalue weighted by Crippen LogP contribution is 2.29. The third kappa shape index (κ3) is 5.22. The molecule has 0 radical (unpaired) electrons. The van der Waals surface area contributed by atoms with Gasteiger partial charge in [0.2, 0.25) is 5.91 Å². The van der Waals surface area contributed by atoms with E-state index in [0.29, 0.717) is 41.5 Å². The summed E-state index contributed by atoms with van der Waals surface area (Å²) >= 11 is 5.35. The lowest BCUT2D eigenvalue weighted by molar-refractivity contribution is -0.128. The second kappa shape index (κ2) is 9.37. The van der Waals surface area contributed by atoms with Crippen LogP contribution in [0.3, 0.4) is 0 Å². The van der Waals surface area contributed by atoms with E-state index >= 15 is 0 Å². The van der Waals surface area contributed by atoms with Crippen molar-refractivity contribution in [1.82, 2.24) is 21.1 Å². The highest BCUT2D eigenvalue weighted by molar-refractivity contribution is 7.80. The summed E-state index contributed by atoms with van der Waals surface area (Å²) in [5.41, 5.74) is 6.98. The Morgan fingerprint density at radius 1 is 1.21 bits per heavy atom. The Morgan fingerprint density at radius 3 is 2.79 bits per heavy atom. The van der Waals surface area contributed by atoms with E-state index in [1.54, 1.807) is 6.07 Å². The molecule has 28 heavy (non-hydrogen) atoms. The van der Waals surface area contributed by atoms with Crippen LogP contribution in [-0.4, -0.2) is 34.4 Å². The highest BCUT2D eigenvalue weighted by Gasteiger charge is 2.27. The van der Waals surface area contributed by atoms with Gasteiger partial charge in [-0.15, -0.1) is 0 Å². The van der Waals surface area contributed by atoms with Crippen molar-refractivity contribution in [3.8, 4) is 0 Å². The molecule has 1 aromatic carbocycles. The first kappa shape index (κ1) is 20.6. The maximum atomic E-state index is 12.5. The molecule has 3 N–H and O–H groups in total. The number of hydrogen-bond acceptors (Lipinski definition) is 3. The third-order valence-electron chi connectivity index (χ3n) is 6.05. The van der Waals surface area contributed by atoms with Gasteiger partial charge in [0, 0.05) is 31.1 Å². The Morgan fingerprint density at radius 2 is 2.04 bits per heavy atom. The predicted molar refractivity (Wildman–Crippen MR) is 113 cm³/mol. The number of nitrogens with zero attached hydrogens (tertiary/aromatic N) is 1. The number of amides is 2. The van der Waals surface area contributed by atoms with Gasteiger partial charge in [0.05, 0.1) is 0 Å². The Kier molecular flexibility index (Phi) is 6.88. The number of thiocarbonyl (C=S) groups is 1. The Balaban J connectivity index is 1.49. The topological polar surface area (TPSA) is 73.5 Å². The van der Waals surface area contributed by atoms with E-state index in [9.17, 15) is 9.59 Å². The molecule has 3 rings (SSSR count). The molecule has 2 fully saturated rings. The maximum Gasteiger partial charge on any atom is 0.269 e. The molecule has 7 heteroatoms. The average Bonchev–Trinajstić information content (AvgIpc) is 3.08. The van der Waals surface area contributed by atoms with Crippen molar-refractivity contribution in [2.75, 3.05) is 6.54 Å². The molecule has 1 saturated heterocycles. The van der Waals surface area contributed by atoms with Crippen molar-refractivity contribution in [3.63, 3.8) is 0 Å². The first-order chi connectivity index (χ1) is 13.4. The van der Waals surface area contributed by atoms with Gasteiger partial charge in [-0.05, 0) is 54.6 Å². The molecule has 0 aromatic heterocycles. The van der Waals surface area contributed by atoms with Crippen LogP contribution in [0.5, 0.6) is 0 Å². The molecule has 6 nitrogen and oxygen atoms in total. The molecule has 1 heterocycles. The molecule has 1 aliphatic heterocycles. The second-order valence-corrected chi connectivity index (χ2v) is 8.45. The van der Waals surface area contributed by atoms with Crippen molar-refractivity contribution in [2.45, 2.75) is 58.5 Å². The van der Waals surface area contributed by atoms with Gasteiger partial charge in [-0.2, -0.15) is 0 Å². The molecular weight excluding hydrogens is 372 g/mol. The van der Waals surface area contributed by atoms with Crippen molar-refractivity contribution < 1.29 is 9.59 Å². The lowest BCUT2D eigenvalue weighted by Gasteiger charge is -2.35. The lowest BCUT2D eigenvalue weighted by atomic mass is 9.78. The summed E-state index contributed by atoms with van der Waals surface area (Å²) in [4.78, 5) is 26.1. The second-order valence-electron chi connectivity index (χ2n) is 8.05. The van der Waals surface area contributed by atoms with Crippen molar-refractivity contribution >= 4 is 29.1 Å². The molecule has 2 aliphatic rings. The maximum absolute atomic E-state index is 12.5. The minimum atomic E-state index is -0.246. The number of nitrogens with one attached hydrogen (secondary N) is 3. The fourth-order valence-electron chi connectivity index (χ4n) is 4.08. The molecule has 0 unspecified atom stereocenters. The van der Waals surface area contributed by atoms with E-state index in [1.165, 1.54) is 12.8 Å². The standard InChI is InChI=1S/C21H30N4O2S/c1-14-6-3-9-18(15(14)2)22-21(28)24-23-20(27)17-8-4-7-16(12-17)13-25-11-5-10-19(25)26/h4,7-8,12,14-15,18H,3,5-6,9-11,13H2,1-2H3,(H,23,27)(H2,22,24,28)/t14-,15-,18-/m1/s1. The summed E-state index contributed by atoms with van der Waals surface area (Å²) in [7, 11) is 0. The van der Waals surface area contributed by atoms with Gasteiger partial charge in [-0.3, -0.25) is 20.4 Å². The number of likely N-dealkylation sites (tertiary alicyclic amines) is 1. The molecule has 152 valence electrons. The molecular formula is C21H30N4O2S. The quantitative estimate of drug-likeness (QED) is 0.533. The molecule has 1 aliphatic carbocycles. The zero-order chi connectivity index (χ0) is 20.1. The lowest BCUT2D eigenvalue weighted by Crippen LogP contribution is -2.52. The summed E-state index contributed by atoms with van der Waals surface area (Å²) in [6.07, 6.45) is 5.08. The highest BCUT2D eigenvalue weighted by atomic mass is 32.1. The number of hydrazine groups is 1. The zero-order valence-electron chi connectivity index (χ0n) is 16.7. The van der Waals surface area contributed by atoms with Crippen LogP contribution in [-0.2, 0) is 11.3 Å². The van der Waals surface area contributed by atoms with Gasteiger partial charge in [-0.25, -0.2) is 0 Å². The third-order valence-corrected chi connectivity index (χ3v) is 6.27. The largest absolute Gasteiger partial charge is 0.358 e. The van der Waals surface area contributed by atoms with Crippen molar-refractivity contribution in [3.05, 3.63) is 35.4 Å². The van der Waals surface area contributed by atoms with Crippen LogP contribution < -0.4 is 16.2 Å². The van der Waals surface area contributed by atoms with Crippen LogP contribution in [0.1, 0.15) is 61.9 Å². The van der Waals surface area contributed by atoms with Crippen LogP contribution >= 0.6 is 12.2 Å². The molecule has 1 aromatic rings. The van der Waals surface area contributed by atoms with Crippen LogP contribution in [0.15, 0.2) is 24.3 Å². The number of hydrogen-bond donors (Lipinski definition) is 3. The van der Waals surface area contributed by atoms with Gasteiger partial charge >= 0.3 is 0 Å². The van der Waals surface area contributed by atoms with Gasteiger partial charge in [0.25, 0.3) is 5.91 Å². The smallest absolute Gasteiger partial charge is 0.269 e. The van der Waals surface area contributed by atoms with Crippen LogP contribution in [0.4, 0.5) is 0 Å². The minimum Gasteiger partial charge on any atom is -0.358 e. The number of carbonyl (C=O) groups excluding carboxylic acids is 2.